The predicted molar refractivity (Wildman–Crippen MR) is 107 cm³/mol. The number of rotatable bonds is 5. The van der Waals surface area contributed by atoms with Crippen molar-refractivity contribution < 1.29 is 49.3 Å². The lowest BCUT2D eigenvalue weighted by molar-refractivity contribution is -0.277. The van der Waals surface area contributed by atoms with Gasteiger partial charge in [0.2, 0.25) is 6.29 Å². The monoisotopic (exact) mass is 446 g/mol. The summed E-state index contributed by atoms with van der Waals surface area (Å²) in [5.74, 6) is -1.12. The van der Waals surface area contributed by atoms with E-state index < -0.39 is 55.5 Å². The third-order valence-corrected chi connectivity index (χ3v) is 5.69. The number of methoxy groups -OCH3 is 1. The Labute approximate surface area is 182 Å². The van der Waals surface area contributed by atoms with Crippen molar-refractivity contribution in [1.82, 2.24) is 0 Å². The molecule has 5 atom stereocenters. The zero-order chi connectivity index (χ0) is 23.2. The van der Waals surface area contributed by atoms with E-state index in [1.165, 1.54) is 25.3 Å². The molecule has 0 bridgehead atoms. The molecule has 0 amide bonds. The summed E-state index contributed by atoms with van der Waals surface area (Å²) in [6.45, 7) is -1.30. The van der Waals surface area contributed by atoms with Crippen LogP contribution in [-0.4, -0.2) is 81.5 Å². The van der Waals surface area contributed by atoms with Crippen LogP contribution in [0.3, 0.4) is 0 Å². The van der Waals surface area contributed by atoms with Gasteiger partial charge in [0.25, 0.3) is 0 Å². The fraction of sp³-hybridized carbons (Fsp3) is 0.364. The van der Waals surface area contributed by atoms with Gasteiger partial charge in [0.1, 0.15) is 35.9 Å². The lowest BCUT2D eigenvalue weighted by atomic mass is 9.82. The molecule has 2 aromatic carbocycles. The van der Waals surface area contributed by atoms with Crippen molar-refractivity contribution in [3.8, 4) is 11.5 Å². The quantitative estimate of drug-likeness (QED) is 0.333. The zero-order valence-corrected chi connectivity index (χ0v) is 17.0. The highest BCUT2D eigenvalue weighted by Gasteiger charge is 2.45. The van der Waals surface area contributed by atoms with Crippen molar-refractivity contribution in [3.63, 3.8) is 0 Å². The summed E-state index contributed by atoms with van der Waals surface area (Å²) >= 11 is 0. The molecule has 1 fully saturated rings. The lowest BCUT2D eigenvalue weighted by Crippen LogP contribution is -2.60. The maximum Gasteiger partial charge on any atom is 0.229 e. The number of aliphatic hydroxyl groups excluding tert-OH is 5. The first kappa shape index (κ1) is 22.3. The largest absolute Gasteiger partial charge is 0.495 e. The molecule has 0 saturated carbocycles. The molecule has 1 saturated heterocycles. The Hall–Kier alpha value is -2.86. The molecule has 32 heavy (non-hydrogen) atoms. The molecule has 4 rings (SSSR count). The Bertz CT molecular complexity index is 1060. The Morgan fingerprint density at radius 2 is 1.59 bits per heavy atom. The minimum absolute atomic E-state index is 0.0174. The van der Waals surface area contributed by atoms with Crippen LogP contribution in [0.25, 0.3) is 0 Å². The van der Waals surface area contributed by atoms with Crippen LogP contribution < -0.4 is 9.47 Å². The number of fused-ring (bicyclic) bond motifs is 2. The molecule has 10 heteroatoms. The molecule has 2 aromatic rings. The van der Waals surface area contributed by atoms with E-state index in [9.17, 15) is 35.1 Å². The number of hydrogen-bond donors (Lipinski definition) is 5. The smallest absolute Gasteiger partial charge is 0.229 e. The molecular weight excluding hydrogens is 424 g/mol. The topological polar surface area (TPSA) is 163 Å². The summed E-state index contributed by atoms with van der Waals surface area (Å²) in [5.41, 5.74) is 0.366. The molecule has 1 aliphatic carbocycles. The van der Waals surface area contributed by atoms with Gasteiger partial charge < -0.3 is 39.7 Å². The molecule has 170 valence electrons. The van der Waals surface area contributed by atoms with Gasteiger partial charge in [0.05, 0.1) is 31.5 Å². The highest BCUT2D eigenvalue weighted by molar-refractivity contribution is 6.29. The van der Waals surface area contributed by atoms with E-state index >= 15 is 0 Å². The van der Waals surface area contributed by atoms with Crippen molar-refractivity contribution in [1.29, 1.82) is 0 Å². The number of carbonyl (C=O) groups excluding carboxylic acids is 2. The van der Waals surface area contributed by atoms with Gasteiger partial charge >= 0.3 is 0 Å². The molecular formula is C22H22O10. The number of hydrogen-bond acceptors (Lipinski definition) is 10. The molecule has 0 unspecified atom stereocenters. The average molecular weight is 446 g/mol. The van der Waals surface area contributed by atoms with Crippen molar-refractivity contribution in [2.45, 2.75) is 37.3 Å². The Balaban J connectivity index is 1.81. The summed E-state index contributed by atoms with van der Waals surface area (Å²) in [7, 11) is 1.27. The van der Waals surface area contributed by atoms with Crippen LogP contribution in [0, 0.1) is 0 Å². The zero-order valence-electron chi connectivity index (χ0n) is 17.0. The van der Waals surface area contributed by atoms with Crippen molar-refractivity contribution in [2.75, 3.05) is 13.7 Å². The molecule has 0 aromatic heterocycles. The fourth-order valence-corrected chi connectivity index (χ4v) is 4.01. The van der Waals surface area contributed by atoms with Crippen LogP contribution in [0.4, 0.5) is 0 Å². The predicted octanol–water partition coefficient (Wildman–Crippen LogP) is -0.858. The van der Waals surface area contributed by atoms with Crippen LogP contribution in [0.1, 0.15) is 37.4 Å². The molecule has 1 aliphatic heterocycles. The third-order valence-electron chi connectivity index (χ3n) is 5.69. The standard InChI is InChI=1S/C22H22O10/c1-30-21-12(7-23)13(31-22-20(29)19(28)18(27)14(8-24)32-22)6-11-15(21)17(26)10-5-3-2-4-9(10)16(11)25/h2-6,14,18-20,22-24,27-29H,7-8H2,1H3/t14-,18-,19+,20-,22-/m0/s1. The second kappa shape index (κ2) is 8.58. The van der Waals surface area contributed by atoms with Crippen molar-refractivity contribution in [3.05, 3.63) is 58.1 Å². The molecule has 0 spiro atoms. The van der Waals surface area contributed by atoms with E-state index in [1.807, 2.05) is 0 Å². The van der Waals surface area contributed by atoms with Gasteiger partial charge in [-0.3, -0.25) is 9.59 Å². The number of aliphatic hydroxyl groups is 5. The van der Waals surface area contributed by atoms with Crippen LogP contribution in [0.15, 0.2) is 30.3 Å². The Kier molecular flexibility index (Phi) is 5.99. The second-order valence-corrected chi connectivity index (χ2v) is 7.49. The Morgan fingerprint density at radius 3 is 2.19 bits per heavy atom. The van der Waals surface area contributed by atoms with Crippen molar-refractivity contribution >= 4 is 11.6 Å². The van der Waals surface area contributed by atoms with Crippen LogP contribution in [0.2, 0.25) is 0 Å². The molecule has 10 nitrogen and oxygen atoms in total. The van der Waals surface area contributed by atoms with E-state index in [0.717, 1.165) is 0 Å². The maximum absolute atomic E-state index is 13.1. The van der Waals surface area contributed by atoms with Gasteiger partial charge in [-0.25, -0.2) is 0 Å². The fourth-order valence-electron chi connectivity index (χ4n) is 4.01. The van der Waals surface area contributed by atoms with Gasteiger partial charge in [-0.1, -0.05) is 24.3 Å². The summed E-state index contributed by atoms with van der Waals surface area (Å²) < 4.78 is 16.4. The molecule has 0 radical (unpaired) electrons. The summed E-state index contributed by atoms with van der Waals surface area (Å²) in [4.78, 5) is 26.2. The van der Waals surface area contributed by atoms with Gasteiger partial charge in [0.15, 0.2) is 11.6 Å². The maximum atomic E-state index is 13.1. The number of carbonyl (C=O) groups is 2. The third kappa shape index (κ3) is 3.37. The normalized spacial score (nSPS) is 27.0. The Morgan fingerprint density at radius 1 is 0.938 bits per heavy atom. The van der Waals surface area contributed by atoms with Crippen LogP contribution >= 0.6 is 0 Å². The van der Waals surface area contributed by atoms with Crippen molar-refractivity contribution in [2.24, 2.45) is 0 Å². The first-order valence-corrected chi connectivity index (χ1v) is 9.84. The highest BCUT2D eigenvalue weighted by atomic mass is 16.7. The highest BCUT2D eigenvalue weighted by Crippen LogP contribution is 2.41. The summed E-state index contributed by atoms with van der Waals surface area (Å²) in [6.07, 6.45) is -7.75. The molecule has 5 N–H and O–H groups in total. The first-order valence-electron chi connectivity index (χ1n) is 9.84. The van der Waals surface area contributed by atoms with E-state index in [2.05, 4.69) is 0 Å². The lowest BCUT2D eigenvalue weighted by Gasteiger charge is -2.39. The minimum Gasteiger partial charge on any atom is -0.495 e. The van der Waals surface area contributed by atoms with Crippen LogP contribution in [0.5, 0.6) is 11.5 Å². The minimum atomic E-state index is -1.71. The number of ketones is 2. The summed E-state index contributed by atoms with van der Waals surface area (Å²) in [6, 6.07) is 7.53. The van der Waals surface area contributed by atoms with Gasteiger partial charge in [-0.05, 0) is 6.07 Å². The van der Waals surface area contributed by atoms with Gasteiger partial charge in [-0.2, -0.15) is 0 Å². The summed E-state index contributed by atoms with van der Waals surface area (Å²) in [5, 5.41) is 49.6. The number of ether oxygens (including phenoxy) is 3. The average Bonchev–Trinajstić information content (AvgIpc) is 2.81. The van der Waals surface area contributed by atoms with Gasteiger partial charge in [-0.15, -0.1) is 0 Å². The first-order chi connectivity index (χ1) is 15.3. The molecule has 2 aliphatic rings. The SMILES string of the molecule is COc1c(CO)c(O[C@H]2O[C@@H](CO)[C@H](O)[C@@H](O)[C@@H]2O)cc2c1C(=O)c1ccccc1C2=O. The van der Waals surface area contributed by atoms with Gasteiger partial charge in [0, 0.05) is 16.7 Å². The van der Waals surface area contributed by atoms with Crippen LogP contribution in [-0.2, 0) is 11.3 Å². The van der Waals surface area contributed by atoms with E-state index in [0.29, 0.717) is 0 Å². The van der Waals surface area contributed by atoms with E-state index in [-0.39, 0.29) is 39.3 Å². The van der Waals surface area contributed by atoms with E-state index in [1.54, 1.807) is 12.1 Å². The second-order valence-electron chi connectivity index (χ2n) is 7.49. The van der Waals surface area contributed by atoms with E-state index in [4.69, 9.17) is 14.2 Å². The number of benzene rings is 2. The molecule has 1 heterocycles.